The highest BCUT2D eigenvalue weighted by Gasteiger charge is 2.25. The fourth-order valence-electron chi connectivity index (χ4n) is 1.78. The predicted molar refractivity (Wildman–Crippen MR) is 70.6 cm³/mol. The highest BCUT2D eigenvalue weighted by atomic mass is 32.2. The summed E-state index contributed by atoms with van der Waals surface area (Å²) in [6, 6.07) is 0.509. The predicted octanol–water partition coefficient (Wildman–Crippen LogP) is 3.28. The lowest BCUT2D eigenvalue weighted by molar-refractivity contribution is 0.421. The minimum absolute atomic E-state index is 0.187. The lowest BCUT2D eigenvalue weighted by atomic mass is 10.00. The van der Waals surface area contributed by atoms with Gasteiger partial charge >= 0.3 is 0 Å². The summed E-state index contributed by atoms with van der Waals surface area (Å²) in [5.41, 5.74) is 0.187. The van der Waals surface area contributed by atoms with Crippen molar-refractivity contribution in [2.75, 3.05) is 5.75 Å². The van der Waals surface area contributed by atoms with E-state index in [2.05, 4.69) is 39.9 Å². The quantitative estimate of drug-likeness (QED) is 0.798. The molecule has 0 saturated heterocycles. The summed E-state index contributed by atoms with van der Waals surface area (Å²) in [5.74, 6) is 1.80. The van der Waals surface area contributed by atoms with E-state index < -0.39 is 0 Å². The fourth-order valence-corrected chi connectivity index (χ4v) is 3.12. The van der Waals surface area contributed by atoms with Gasteiger partial charge in [0.2, 0.25) is 0 Å². The molecular weight excluding hydrogens is 204 g/mol. The molecule has 1 heterocycles. The highest BCUT2D eigenvalue weighted by molar-refractivity contribution is 8.14. The van der Waals surface area contributed by atoms with Gasteiger partial charge in [0.1, 0.15) is 0 Å². The molecule has 3 heteroatoms. The van der Waals surface area contributed by atoms with E-state index >= 15 is 0 Å². The van der Waals surface area contributed by atoms with Crippen LogP contribution < -0.4 is 5.32 Å². The first kappa shape index (κ1) is 12.9. The van der Waals surface area contributed by atoms with E-state index in [1.807, 2.05) is 11.8 Å². The summed E-state index contributed by atoms with van der Waals surface area (Å²) < 4.78 is 0. The molecular formula is C12H24N2S. The van der Waals surface area contributed by atoms with Crippen molar-refractivity contribution in [2.24, 2.45) is 10.9 Å². The van der Waals surface area contributed by atoms with Gasteiger partial charge < -0.3 is 5.32 Å². The number of nitrogens with zero attached hydrogens (tertiary/aromatic N) is 1. The second-order valence-corrected chi connectivity index (χ2v) is 6.32. The van der Waals surface area contributed by atoms with Gasteiger partial charge in [-0.05, 0) is 26.2 Å². The summed E-state index contributed by atoms with van der Waals surface area (Å²) in [6.45, 7) is 11.2. The zero-order valence-electron chi connectivity index (χ0n) is 10.6. The van der Waals surface area contributed by atoms with Gasteiger partial charge in [-0.3, -0.25) is 4.99 Å². The van der Waals surface area contributed by atoms with Crippen LogP contribution in [0.3, 0.4) is 0 Å². The zero-order chi connectivity index (χ0) is 11.5. The summed E-state index contributed by atoms with van der Waals surface area (Å²) in [7, 11) is 0. The Labute approximate surface area is 98.3 Å². The number of hydrogen-bond donors (Lipinski definition) is 1. The minimum atomic E-state index is 0.187. The molecule has 0 aromatic carbocycles. The highest BCUT2D eigenvalue weighted by Crippen LogP contribution is 2.24. The molecule has 0 spiro atoms. The van der Waals surface area contributed by atoms with E-state index in [0.717, 1.165) is 10.9 Å². The Morgan fingerprint density at radius 2 is 2.20 bits per heavy atom. The van der Waals surface area contributed by atoms with Gasteiger partial charge in [-0.15, -0.1) is 0 Å². The normalized spacial score (nSPS) is 22.0. The summed E-state index contributed by atoms with van der Waals surface area (Å²) in [4.78, 5) is 4.72. The Morgan fingerprint density at radius 1 is 1.53 bits per heavy atom. The van der Waals surface area contributed by atoms with Crippen molar-refractivity contribution in [2.45, 2.75) is 59.0 Å². The topological polar surface area (TPSA) is 24.4 Å². The van der Waals surface area contributed by atoms with Gasteiger partial charge in [0.25, 0.3) is 0 Å². The first-order valence-electron chi connectivity index (χ1n) is 5.93. The molecule has 1 N–H and O–H groups in total. The summed E-state index contributed by atoms with van der Waals surface area (Å²) in [6.07, 6.45) is 2.41. The third kappa shape index (κ3) is 4.06. The summed E-state index contributed by atoms with van der Waals surface area (Å²) in [5, 5.41) is 4.70. The molecule has 88 valence electrons. The molecule has 0 saturated carbocycles. The molecule has 0 amide bonds. The number of amidine groups is 1. The van der Waals surface area contributed by atoms with Crippen LogP contribution >= 0.6 is 11.8 Å². The molecule has 1 atom stereocenters. The number of aliphatic imine (C=N–C) groups is 1. The van der Waals surface area contributed by atoms with Crippen molar-refractivity contribution in [3.05, 3.63) is 0 Å². The van der Waals surface area contributed by atoms with Gasteiger partial charge in [-0.25, -0.2) is 0 Å². The second kappa shape index (κ2) is 5.24. The van der Waals surface area contributed by atoms with Crippen LogP contribution in [-0.2, 0) is 0 Å². The molecule has 0 aromatic rings. The number of nitrogens with one attached hydrogen (secondary N) is 1. The van der Waals surface area contributed by atoms with Crippen LogP contribution in [0.1, 0.15) is 47.5 Å². The maximum Gasteiger partial charge on any atom is 0.157 e. The molecule has 1 rings (SSSR count). The fraction of sp³-hybridized carbons (Fsp3) is 0.917. The number of rotatable bonds is 4. The lowest BCUT2D eigenvalue weighted by Gasteiger charge is -2.26. The van der Waals surface area contributed by atoms with Crippen molar-refractivity contribution in [1.29, 1.82) is 0 Å². The Kier molecular flexibility index (Phi) is 4.50. The first-order valence-corrected chi connectivity index (χ1v) is 6.92. The van der Waals surface area contributed by atoms with Crippen LogP contribution in [0.15, 0.2) is 4.99 Å². The average Bonchev–Trinajstić information content (AvgIpc) is 2.51. The Hall–Kier alpha value is -0.180. The van der Waals surface area contributed by atoms with E-state index in [0.29, 0.717) is 12.0 Å². The molecule has 0 radical (unpaired) electrons. The summed E-state index contributed by atoms with van der Waals surface area (Å²) >= 11 is 1.87. The number of hydrogen-bond acceptors (Lipinski definition) is 3. The molecule has 2 nitrogen and oxygen atoms in total. The van der Waals surface area contributed by atoms with Crippen molar-refractivity contribution in [3.8, 4) is 0 Å². The van der Waals surface area contributed by atoms with Gasteiger partial charge in [-0.2, -0.15) is 0 Å². The molecule has 0 bridgehead atoms. The van der Waals surface area contributed by atoms with Crippen molar-refractivity contribution in [1.82, 2.24) is 5.32 Å². The first-order chi connectivity index (χ1) is 6.94. The Morgan fingerprint density at radius 3 is 2.67 bits per heavy atom. The lowest BCUT2D eigenvalue weighted by Crippen LogP contribution is -2.41. The van der Waals surface area contributed by atoms with Crippen molar-refractivity contribution in [3.63, 3.8) is 0 Å². The van der Waals surface area contributed by atoms with Crippen LogP contribution in [0.2, 0.25) is 0 Å². The maximum absolute atomic E-state index is 4.72. The third-order valence-electron chi connectivity index (χ3n) is 2.76. The average molecular weight is 228 g/mol. The minimum Gasteiger partial charge on any atom is -0.360 e. The SMILES string of the molecule is CCCC(C)(C)NC1=N[C@@H](C(C)C)CS1. The van der Waals surface area contributed by atoms with Gasteiger partial charge in [0.05, 0.1) is 6.04 Å². The van der Waals surface area contributed by atoms with Crippen LogP contribution in [0, 0.1) is 5.92 Å². The van der Waals surface area contributed by atoms with E-state index in [4.69, 9.17) is 4.99 Å². The zero-order valence-corrected chi connectivity index (χ0v) is 11.4. The molecule has 1 aliphatic heterocycles. The van der Waals surface area contributed by atoms with Crippen LogP contribution in [0.4, 0.5) is 0 Å². The molecule has 0 unspecified atom stereocenters. The Bertz CT molecular complexity index is 234. The third-order valence-corrected chi connectivity index (χ3v) is 3.75. The van der Waals surface area contributed by atoms with Gasteiger partial charge in [-0.1, -0.05) is 39.0 Å². The van der Waals surface area contributed by atoms with E-state index in [9.17, 15) is 0 Å². The monoisotopic (exact) mass is 228 g/mol. The van der Waals surface area contributed by atoms with E-state index in [1.54, 1.807) is 0 Å². The maximum atomic E-state index is 4.72. The van der Waals surface area contributed by atoms with Crippen LogP contribution in [-0.4, -0.2) is 22.5 Å². The van der Waals surface area contributed by atoms with Gasteiger partial charge in [0.15, 0.2) is 5.17 Å². The molecule has 0 fully saturated rings. The largest absolute Gasteiger partial charge is 0.360 e. The number of thioether (sulfide) groups is 1. The molecule has 15 heavy (non-hydrogen) atoms. The molecule has 1 aliphatic rings. The smallest absolute Gasteiger partial charge is 0.157 e. The van der Waals surface area contributed by atoms with Crippen molar-refractivity contribution >= 4 is 16.9 Å². The standard InChI is InChI=1S/C12H24N2S/c1-6-7-12(4,5)14-11-13-10(8-15-11)9(2)3/h9-10H,6-8H2,1-5H3,(H,13,14)/t10-/m1/s1. The van der Waals surface area contributed by atoms with E-state index in [-0.39, 0.29) is 5.54 Å². The van der Waals surface area contributed by atoms with Crippen LogP contribution in [0.25, 0.3) is 0 Å². The Balaban J connectivity index is 2.49. The van der Waals surface area contributed by atoms with Crippen LogP contribution in [0.5, 0.6) is 0 Å². The molecule has 0 aromatic heterocycles. The van der Waals surface area contributed by atoms with Crippen molar-refractivity contribution < 1.29 is 0 Å². The van der Waals surface area contributed by atoms with E-state index in [1.165, 1.54) is 12.8 Å². The van der Waals surface area contributed by atoms with Gasteiger partial charge in [0, 0.05) is 11.3 Å². The second-order valence-electron chi connectivity index (χ2n) is 5.32. The molecule has 0 aliphatic carbocycles.